The first kappa shape index (κ1) is 12.0. The molecule has 1 fully saturated rings. The maximum Gasteiger partial charge on any atom is 0.0650 e. The van der Waals surface area contributed by atoms with Crippen molar-refractivity contribution in [1.29, 1.82) is 0 Å². The molecule has 0 radical (unpaired) electrons. The number of likely N-dealkylation sites (N-methyl/N-ethyl adjacent to an activating group) is 1. The molecular weight excluding hydrogens is 246 g/mol. The highest BCUT2D eigenvalue weighted by atomic mass is 35.5. The van der Waals surface area contributed by atoms with Crippen molar-refractivity contribution >= 4 is 22.7 Å². The van der Waals surface area contributed by atoms with Crippen LogP contribution in [-0.4, -0.2) is 47.1 Å². The molecule has 1 aliphatic rings. The molecule has 4 heteroatoms. The molecule has 0 unspecified atom stereocenters. The van der Waals surface area contributed by atoms with Crippen LogP contribution in [0.3, 0.4) is 0 Å². The van der Waals surface area contributed by atoms with E-state index in [2.05, 4.69) is 35.0 Å². The van der Waals surface area contributed by atoms with Crippen molar-refractivity contribution in [3.8, 4) is 0 Å². The summed E-state index contributed by atoms with van der Waals surface area (Å²) < 4.78 is 1.71. The Morgan fingerprint density at radius 1 is 1.11 bits per heavy atom. The third-order valence-electron chi connectivity index (χ3n) is 3.74. The van der Waals surface area contributed by atoms with Gasteiger partial charge in [-0.2, -0.15) is 0 Å². The van der Waals surface area contributed by atoms with Gasteiger partial charge in [-0.15, -0.1) is 0 Å². The fourth-order valence-corrected chi connectivity index (χ4v) is 2.85. The van der Waals surface area contributed by atoms with Gasteiger partial charge >= 0.3 is 0 Å². The van der Waals surface area contributed by atoms with Crippen LogP contribution >= 0.6 is 11.8 Å². The summed E-state index contributed by atoms with van der Waals surface area (Å²) >= 11 is 6.21. The van der Waals surface area contributed by atoms with E-state index in [1.165, 1.54) is 10.9 Å². The molecule has 1 aliphatic heterocycles. The Morgan fingerprint density at radius 3 is 2.61 bits per heavy atom. The summed E-state index contributed by atoms with van der Waals surface area (Å²) in [6.07, 6.45) is 2.05. The average Bonchev–Trinajstić information content (AvgIpc) is 2.70. The van der Waals surface area contributed by atoms with E-state index < -0.39 is 0 Å². The zero-order valence-corrected chi connectivity index (χ0v) is 11.4. The molecule has 0 saturated carbocycles. The number of piperazine rings is 1. The molecule has 0 amide bonds. The van der Waals surface area contributed by atoms with Crippen molar-refractivity contribution in [3.05, 3.63) is 36.0 Å². The minimum absolute atomic E-state index is 0.994. The quantitative estimate of drug-likeness (QED) is 0.824. The van der Waals surface area contributed by atoms with Crippen molar-refractivity contribution in [2.75, 3.05) is 33.2 Å². The fraction of sp³-hybridized carbons (Fsp3) is 0.429. The monoisotopic (exact) mass is 263 g/mol. The van der Waals surface area contributed by atoms with E-state index in [-0.39, 0.29) is 0 Å². The van der Waals surface area contributed by atoms with Gasteiger partial charge in [-0.1, -0.05) is 18.2 Å². The fourth-order valence-electron chi connectivity index (χ4n) is 2.58. The van der Waals surface area contributed by atoms with Gasteiger partial charge in [-0.25, -0.2) is 0 Å². The molecule has 0 N–H and O–H groups in total. The summed E-state index contributed by atoms with van der Waals surface area (Å²) in [7, 11) is 2.18. The maximum absolute atomic E-state index is 6.21. The topological polar surface area (TPSA) is 11.4 Å². The summed E-state index contributed by atoms with van der Waals surface area (Å²) in [6, 6.07) is 8.32. The Balaban J connectivity index is 1.82. The first-order valence-corrected chi connectivity index (χ1v) is 6.74. The normalized spacial score (nSPS) is 18.6. The molecule has 18 heavy (non-hydrogen) atoms. The second-order valence-electron chi connectivity index (χ2n) is 5.06. The largest absolute Gasteiger partial charge is 0.304 e. The first-order valence-electron chi connectivity index (χ1n) is 6.40. The second kappa shape index (κ2) is 4.92. The lowest BCUT2D eigenvalue weighted by atomic mass is 10.1. The van der Waals surface area contributed by atoms with Crippen molar-refractivity contribution in [2.45, 2.75) is 6.54 Å². The molecule has 2 aromatic rings. The number of rotatable bonds is 2. The predicted octanol–water partition coefficient (Wildman–Crippen LogP) is 2.39. The summed E-state index contributed by atoms with van der Waals surface area (Å²) in [6.45, 7) is 5.57. The smallest absolute Gasteiger partial charge is 0.0650 e. The van der Waals surface area contributed by atoms with Gasteiger partial charge in [0.1, 0.15) is 0 Å². The summed E-state index contributed by atoms with van der Waals surface area (Å²) in [5.41, 5.74) is 2.42. The lowest BCUT2D eigenvalue weighted by molar-refractivity contribution is 0.148. The van der Waals surface area contributed by atoms with Gasteiger partial charge < -0.3 is 4.90 Å². The zero-order chi connectivity index (χ0) is 12.5. The van der Waals surface area contributed by atoms with Gasteiger partial charge in [0, 0.05) is 56.1 Å². The van der Waals surface area contributed by atoms with Crippen LogP contribution in [-0.2, 0) is 6.54 Å². The number of fused-ring (bicyclic) bond motifs is 1. The number of nitrogens with zero attached hydrogens (tertiary/aromatic N) is 3. The summed E-state index contributed by atoms with van der Waals surface area (Å²) in [5, 5.41) is 1.27. The van der Waals surface area contributed by atoms with Crippen molar-refractivity contribution in [2.24, 2.45) is 0 Å². The predicted molar refractivity (Wildman–Crippen MR) is 76.0 cm³/mol. The number of para-hydroxylation sites is 1. The van der Waals surface area contributed by atoms with Crippen LogP contribution in [0.25, 0.3) is 10.9 Å². The minimum atomic E-state index is 0.994. The van der Waals surface area contributed by atoms with Crippen LogP contribution in [0, 0.1) is 0 Å². The molecule has 0 aliphatic carbocycles. The van der Waals surface area contributed by atoms with Crippen molar-refractivity contribution in [3.63, 3.8) is 0 Å². The number of hydrogen-bond acceptors (Lipinski definition) is 2. The lowest BCUT2D eigenvalue weighted by Gasteiger charge is -2.32. The highest BCUT2D eigenvalue weighted by molar-refractivity contribution is 6.19. The highest BCUT2D eigenvalue weighted by Gasteiger charge is 2.16. The molecule has 0 spiro atoms. The van der Waals surface area contributed by atoms with E-state index in [0.717, 1.165) is 38.2 Å². The van der Waals surface area contributed by atoms with Crippen LogP contribution in [0.4, 0.5) is 0 Å². The van der Waals surface area contributed by atoms with E-state index in [1.807, 2.05) is 12.3 Å². The van der Waals surface area contributed by atoms with Crippen LogP contribution in [0.1, 0.15) is 5.56 Å². The molecule has 1 aromatic carbocycles. The Hall–Kier alpha value is -1.03. The number of hydrogen-bond donors (Lipinski definition) is 0. The van der Waals surface area contributed by atoms with Crippen molar-refractivity contribution in [1.82, 2.24) is 13.9 Å². The molecule has 1 aromatic heterocycles. The molecule has 1 saturated heterocycles. The molecule has 96 valence electrons. The van der Waals surface area contributed by atoms with E-state index in [0.29, 0.717) is 0 Å². The Bertz CT molecular complexity index is 541. The third kappa shape index (κ3) is 2.26. The second-order valence-corrected chi connectivity index (χ2v) is 5.43. The van der Waals surface area contributed by atoms with E-state index >= 15 is 0 Å². The van der Waals surface area contributed by atoms with Gasteiger partial charge in [0.25, 0.3) is 0 Å². The van der Waals surface area contributed by atoms with Gasteiger partial charge in [0.05, 0.1) is 5.52 Å². The van der Waals surface area contributed by atoms with Gasteiger partial charge in [0.15, 0.2) is 0 Å². The average molecular weight is 264 g/mol. The van der Waals surface area contributed by atoms with Crippen LogP contribution in [0.5, 0.6) is 0 Å². The molecule has 2 heterocycles. The molecule has 3 nitrogen and oxygen atoms in total. The Labute approximate surface area is 113 Å². The molecule has 3 rings (SSSR count). The first-order chi connectivity index (χ1) is 8.74. The third-order valence-corrected chi connectivity index (χ3v) is 4.02. The van der Waals surface area contributed by atoms with Gasteiger partial charge in [-0.3, -0.25) is 8.99 Å². The highest BCUT2D eigenvalue weighted by Crippen LogP contribution is 2.23. The maximum atomic E-state index is 6.21. The Kier molecular flexibility index (Phi) is 3.29. The minimum Gasteiger partial charge on any atom is -0.304 e. The number of benzene rings is 1. The van der Waals surface area contributed by atoms with Crippen molar-refractivity contribution < 1.29 is 0 Å². The summed E-state index contributed by atoms with van der Waals surface area (Å²) in [5.74, 6) is 0. The standard InChI is InChI=1S/C14H18ClN3/c1-16-6-8-17(9-7-16)10-12-11-18(15)14-5-3-2-4-13(12)14/h2-5,11H,6-10H2,1H3. The van der Waals surface area contributed by atoms with Gasteiger partial charge in [-0.05, 0) is 18.7 Å². The van der Waals surface area contributed by atoms with Crippen LogP contribution < -0.4 is 0 Å². The van der Waals surface area contributed by atoms with Gasteiger partial charge in [0.2, 0.25) is 0 Å². The van der Waals surface area contributed by atoms with E-state index in [4.69, 9.17) is 11.8 Å². The van der Waals surface area contributed by atoms with E-state index in [9.17, 15) is 0 Å². The lowest BCUT2D eigenvalue weighted by Crippen LogP contribution is -2.43. The molecule has 0 bridgehead atoms. The summed E-state index contributed by atoms with van der Waals surface area (Å²) in [4.78, 5) is 4.87. The van der Waals surface area contributed by atoms with Crippen LogP contribution in [0.2, 0.25) is 0 Å². The molecular formula is C14H18ClN3. The van der Waals surface area contributed by atoms with E-state index in [1.54, 1.807) is 4.09 Å². The Morgan fingerprint density at radius 2 is 1.83 bits per heavy atom. The zero-order valence-electron chi connectivity index (χ0n) is 10.6. The van der Waals surface area contributed by atoms with Crippen LogP contribution in [0.15, 0.2) is 30.5 Å². The SMILES string of the molecule is CN1CCN(Cc2cn(Cl)c3ccccc23)CC1. The molecule has 0 atom stereocenters. The number of halogens is 1. The number of aromatic nitrogens is 1.